The molecule has 1 fully saturated rings. The molecule has 0 unspecified atom stereocenters. The maximum atomic E-state index is 11.7. The number of thiophene rings is 1. The number of rotatable bonds is 1. The molecular formula is C13H12O3S. The molecule has 1 aromatic rings. The first-order valence-corrected chi connectivity index (χ1v) is 6.09. The summed E-state index contributed by atoms with van der Waals surface area (Å²) in [5.41, 5.74) is 2.40. The topological polar surface area (TPSA) is 43.4 Å². The Morgan fingerprint density at radius 1 is 1.12 bits per heavy atom. The van der Waals surface area contributed by atoms with Crippen molar-refractivity contribution in [2.24, 2.45) is 0 Å². The third-order valence-corrected chi connectivity index (χ3v) is 3.60. The van der Waals surface area contributed by atoms with Gasteiger partial charge in [-0.15, -0.1) is 11.3 Å². The predicted molar refractivity (Wildman–Crippen MR) is 66.4 cm³/mol. The monoisotopic (exact) mass is 248 g/mol. The van der Waals surface area contributed by atoms with Gasteiger partial charge in [-0.2, -0.15) is 0 Å². The fourth-order valence-electron chi connectivity index (χ4n) is 1.80. The molecule has 0 bridgehead atoms. The van der Waals surface area contributed by atoms with Crippen LogP contribution in [-0.2, 0) is 14.3 Å². The summed E-state index contributed by atoms with van der Waals surface area (Å²) in [4.78, 5) is 24.3. The number of hydrogen-bond acceptors (Lipinski definition) is 4. The van der Waals surface area contributed by atoms with Gasteiger partial charge in [0, 0.05) is 4.88 Å². The zero-order valence-corrected chi connectivity index (χ0v) is 10.7. The standard InChI is InChI=1S/C13H12O3S/c1-7(2)10-11(13(15)16-12(10)14)8(3)9-5-4-6-17-9/h4-6H,1-3H3/b11-8+. The molecule has 17 heavy (non-hydrogen) atoms. The highest BCUT2D eigenvalue weighted by Crippen LogP contribution is 2.33. The summed E-state index contributed by atoms with van der Waals surface area (Å²) in [5.74, 6) is -1.09. The molecule has 1 aliphatic heterocycles. The van der Waals surface area contributed by atoms with Gasteiger partial charge < -0.3 is 4.74 Å². The largest absolute Gasteiger partial charge is 0.386 e. The highest BCUT2D eigenvalue weighted by molar-refractivity contribution is 7.11. The summed E-state index contributed by atoms with van der Waals surface area (Å²) < 4.78 is 4.68. The van der Waals surface area contributed by atoms with Gasteiger partial charge in [-0.05, 0) is 37.8 Å². The molecule has 0 amide bonds. The van der Waals surface area contributed by atoms with Gasteiger partial charge >= 0.3 is 11.9 Å². The van der Waals surface area contributed by atoms with Crippen LogP contribution in [0.3, 0.4) is 0 Å². The zero-order chi connectivity index (χ0) is 12.6. The minimum atomic E-state index is -0.544. The van der Waals surface area contributed by atoms with Crippen molar-refractivity contribution in [1.82, 2.24) is 0 Å². The molecule has 2 heterocycles. The Kier molecular flexibility index (Phi) is 2.98. The second kappa shape index (κ2) is 4.30. The minimum absolute atomic E-state index is 0.400. The van der Waals surface area contributed by atoms with E-state index in [9.17, 15) is 9.59 Å². The molecule has 1 aromatic heterocycles. The molecule has 0 spiro atoms. The molecule has 0 radical (unpaired) electrons. The van der Waals surface area contributed by atoms with E-state index in [1.807, 2.05) is 24.4 Å². The fraction of sp³-hybridized carbons (Fsp3) is 0.231. The zero-order valence-electron chi connectivity index (χ0n) is 9.87. The van der Waals surface area contributed by atoms with E-state index in [4.69, 9.17) is 0 Å². The van der Waals surface area contributed by atoms with Crippen molar-refractivity contribution in [3.8, 4) is 0 Å². The van der Waals surface area contributed by atoms with Crippen molar-refractivity contribution >= 4 is 28.8 Å². The number of carbonyl (C=O) groups excluding carboxylic acids is 2. The summed E-state index contributed by atoms with van der Waals surface area (Å²) in [7, 11) is 0. The highest BCUT2D eigenvalue weighted by Gasteiger charge is 2.36. The Morgan fingerprint density at radius 2 is 1.76 bits per heavy atom. The molecule has 0 aromatic carbocycles. The van der Waals surface area contributed by atoms with Gasteiger partial charge in [-0.1, -0.05) is 11.6 Å². The lowest BCUT2D eigenvalue weighted by Crippen LogP contribution is -1.98. The molecular weight excluding hydrogens is 236 g/mol. The van der Waals surface area contributed by atoms with Crippen LogP contribution >= 0.6 is 11.3 Å². The van der Waals surface area contributed by atoms with Gasteiger partial charge in [0.15, 0.2) is 0 Å². The van der Waals surface area contributed by atoms with Crippen LogP contribution in [0.5, 0.6) is 0 Å². The van der Waals surface area contributed by atoms with E-state index < -0.39 is 11.9 Å². The van der Waals surface area contributed by atoms with Crippen molar-refractivity contribution in [1.29, 1.82) is 0 Å². The number of allylic oxidation sites excluding steroid dienone is 2. The molecule has 0 N–H and O–H groups in total. The Balaban J connectivity index is 2.65. The summed E-state index contributed by atoms with van der Waals surface area (Å²) in [6.45, 7) is 5.44. The van der Waals surface area contributed by atoms with Crippen molar-refractivity contribution in [3.05, 3.63) is 39.1 Å². The van der Waals surface area contributed by atoms with E-state index in [-0.39, 0.29) is 0 Å². The summed E-state index contributed by atoms with van der Waals surface area (Å²) in [5, 5.41) is 1.93. The molecule has 1 saturated heterocycles. The number of hydrogen-bond donors (Lipinski definition) is 0. The van der Waals surface area contributed by atoms with E-state index in [1.54, 1.807) is 13.8 Å². The Labute approximate surface area is 103 Å². The first-order valence-electron chi connectivity index (χ1n) is 5.21. The minimum Gasteiger partial charge on any atom is -0.386 e. The van der Waals surface area contributed by atoms with E-state index in [0.717, 1.165) is 16.0 Å². The van der Waals surface area contributed by atoms with Crippen LogP contribution in [0.15, 0.2) is 34.2 Å². The molecule has 1 aliphatic rings. The van der Waals surface area contributed by atoms with Gasteiger partial charge in [0.1, 0.15) is 0 Å². The molecule has 0 saturated carbocycles. The molecule has 2 rings (SSSR count). The van der Waals surface area contributed by atoms with Crippen LogP contribution in [0.4, 0.5) is 0 Å². The normalized spacial score (nSPS) is 18.4. The van der Waals surface area contributed by atoms with Gasteiger partial charge in [0.25, 0.3) is 0 Å². The van der Waals surface area contributed by atoms with E-state index in [0.29, 0.717) is 11.1 Å². The number of cyclic esters (lactones) is 2. The van der Waals surface area contributed by atoms with Crippen LogP contribution < -0.4 is 0 Å². The number of carbonyl (C=O) groups is 2. The molecule has 0 aliphatic carbocycles. The van der Waals surface area contributed by atoms with Gasteiger partial charge in [-0.25, -0.2) is 9.59 Å². The van der Waals surface area contributed by atoms with Crippen LogP contribution in [-0.4, -0.2) is 11.9 Å². The van der Waals surface area contributed by atoms with Crippen LogP contribution in [0.25, 0.3) is 5.57 Å². The molecule has 3 nitrogen and oxygen atoms in total. The Bertz CT molecular complexity index is 543. The predicted octanol–water partition coefficient (Wildman–Crippen LogP) is 2.94. The second-order valence-electron chi connectivity index (χ2n) is 4.03. The third-order valence-electron chi connectivity index (χ3n) is 2.61. The third kappa shape index (κ3) is 1.96. The molecule has 4 heteroatoms. The quantitative estimate of drug-likeness (QED) is 0.436. The second-order valence-corrected chi connectivity index (χ2v) is 4.98. The Hall–Kier alpha value is -1.68. The summed E-state index contributed by atoms with van der Waals surface area (Å²) >= 11 is 1.54. The first-order chi connectivity index (χ1) is 8.02. The smallest absolute Gasteiger partial charge is 0.347 e. The lowest BCUT2D eigenvalue weighted by molar-refractivity contribution is -0.149. The maximum Gasteiger partial charge on any atom is 0.347 e. The van der Waals surface area contributed by atoms with Gasteiger partial charge in [0.2, 0.25) is 0 Å². The average molecular weight is 248 g/mol. The van der Waals surface area contributed by atoms with E-state index >= 15 is 0 Å². The Morgan fingerprint density at radius 3 is 2.29 bits per heavy atom. The van der Waals surface area contributed by atoms with Gasteiger partial charge in [-0.3, -0.25) is 0 Å². The number of esters is 2. The summed E-state index contributed by atoms with van der Waals surface area (Å²) in [6, 6.07) is 3.83. The van der Waals surface area contributed by atoms with Gasteiger partial charge in [0.05, 0.1) is 11.1 Å². The van der Waals surface area contributed by atoms with Crippen LogP contribution in [0.2, 0.25) is 0 Å². The SMILES string of the molecule is CC(C)=C1C(=O)OC(=O)/C1=C(\C)c1cccs1. The van der Waals surface area contributed by atoms with Crippen molar-refractivity contribution < 1.29 is 14.3 Å². The van der Waals surface area contributed by atoms with Crippen LogP contribution in [0, 0.1) is 0 Å². The van der Waals surface area contributed by atoms with E-state index in [2.05, 4.69) is 4.74 Å². The fourth-order valence-corrected chi connectivity index (χ4v) is 2.54. The highest BCUT2D eigenvalue weighted by atomic mass is 32.1. The summed E-state index contributed by atoms with van der Waals surface area (Å²) in [6.07, 6.45) is 0. The maximum absolute atomic E-state index is 11.7. The lowest BCUT2D eigenvalue weighted by Gasteiger charge is -2.02. The molecule has 0 atom stereocenters. The van der Waals surface area contributed by atoms with Crippen molar-refractivity contribution in [3.63, 3.8) is 0 Å². The number of ether oxygens (including phenoxy) is 1. The van der Waals surface area contributed by atoms with Crippen molar-refractivity contribution in [2.75, 3.05) is 0 Å². The average Bonchev–Trinajstić information content (AvgIpc) is 2.84. The first kappa shape index (κ1) is 11.8. The van der Waals surface area contributed by atoms with Crippen LogP contribution in [0.1, 0.15) is 25.6 Å². The lowest BCUT2D eigenvalue weighted by atomic mass is 9.98. The molecule has 88 valence electrons. The van der Waals surface area contributed by atoms with Crippen molar-refractivity contribution in [2.45, 2.75) is 20.8 Å². The van der Waals surface area contributed by atoms with E-state index in [1.165, 1.54) is 11.3 Å².